The Morgan fingerprint density at radius 2 is 1.94 bits per heavy atom. The van der Waals surface area contributed by atoms with Gasteiger partial charge in [-0.25, -0.2) is 0 Å². The molecule has 0 bridgehead atoms. The summed E-state index contributed by atoms with van der Waals surface area (Å²) in [5, 5.41) is 13.6. The van der Waals surface area contributed by atoms with Crippen molar-refractivity contribution in [1.29, 1.82) is 0 Å². The fourth-order valence-electron chi connectivity index (χ4n) is 3.57. The van der Waals surface area contributed by atoms with Gasteiger partial charge in [0, 0.05) is 15.5 Å². The number of amides is 1. The number of rotatable bonds is 5. The number of methoxy groups -OCH3 is 1. The van der Waals surface area contributed by atoms with Crippen LogP contribution < -0.4 is 4.74 Å². The van der Waals surface area contributed by atoms with Gasteiger partial charge in [0.25, 0.3) is 11.7 Å². The number of ketones is 1. The van der Waals surface area contributed by atoms with Crippen molar-refractivity contribution >= 4 is 56.3 Å². The first kappa shape index (κ1) is 21.6. The van der Waals surface area contributed by atoms with Crippen molar-refractivity contribution in [2.45, 2.75) is 12.6 Å². The number of likely N-dealkylation sites (tertiary alicyclic amines) is 1. The van der Waals surface area contributed by atoms with Gasteiger partial charge in [-0.3, -0.25) is 9.59 Å². The Morgan fingerprint density at radius 3 is 2.55 bits per heavy atom. The standard InChI is InChI=1S/C23H17BrClNO4S/c1-30-18-9-6-14(11-17(18)24)21(27)19-20(13-4-7-15(25)8-5-13)26(23(29)22(19)28)12-16-3-2-10-31-16/h2-11,20,27H,12H2,1H3/b21-19-. The Kier molecular flexibility index (Phi) is 6.18. The van der Waals surface area contributed by atoms with E-state index >= 15 is 0 Å². The minimum Gasteiger partial charge on any atom is -0.507 e. The van der Waals surface area contributed by atoms with E-state index in [0.717, 1.165) is 4.88 Å². The third-order valence-electron chi connectivity index (χ3n) is 5.06. The number of aliphatic hydroxyl groups is 1. The lowest BCUT2D eigenvalue weighted by Gasteiger charge is -2.25. The van der Waals surface area contributed by atoms with E-state index in [9.17, 15) is 14.7 Å². The molecule has 1 aliphatic rings. The van der Waals surface area contributed by atoms with E-state index in [1.54, 1.807) is 42.5 Å². The zero-order valence-electron chi connectivity index (χ0n) is 16.3. The van der Waals surface area contributed by atoms with Gasteiger partial charge in [-0.05, 0) is 63.3 Å². The molecule has 4 rings (SSSR count). The van der Waals surface area contributed by atoms with E-state index in [1.807, 2.05) is 17.5 Å². The number of ether oxygens (including phenoxy) is 1. The number of benzene rings is 2. The minimum absolute atomic E-state index is 0.0425. The molecule has 1 unspecified atom stereocenters. The van der Waals surface area contributed by atoms with Gasteiger partial charge in [0.15, 0.2) is 0 Å². The van der Waals surface area contributed by atoms with Crippen molar-refractivity contribution in [1.82, 2.24) is 4.90 Å². The normalized spacial score (nSPS) is 17.9. The molecule has 1 aromatic heterocycles. The first-order chi connectivity index (χ1) is 14.9. The fourth-order valence-corrected chi connectivity index (χ4v) is 4.94. The number of thiophene rings is 1. The number of carbonyl (C=O) groups excluding carboxylic acids is 2. The Balaban J connectivity index is 1.86. The topological polar surface area (TPSA) is 66.8 Å². The average Bonchev–Trinajstić information content (AvgIpc) is 3.36. The molecule has 1 saturated heterocycles. The molecule has 0 radical (unpaired) electrons. The highest BCUT2D eigenvalue weighted by molar-refractivity contribution is 9.10. The van der Waals surface area contributed by atoms with Crippen LogP contribution in [0.4, 0.5) is 0 Å². The smallest absolute Gasteiger partial charge is 0.295 e. The van der Waals surface area contributed by atoms with E-state index < -0.39 is 17.7 Å². The lowest BCUT2D eigenvalue weighted by atomic mass is 9.95. The Bertz CT molecular complexity index is 1170. The summed E-state index contributed by atoms with van der Waals surface area (Å²) in [6.45, 7) is 0.263. The van der Waals surface area contributed by atoms with Crippen molar-refractivity contribution in [3.8, 4) is 5.75 Å². The van der Waals surface area contributed by atoms with E-state index in [-0.39, 0.29) is 17.9 Å². The molecule has 158 valence electrons. The molecule has 2 heterocycles. The molecular weight excluding hydrogens is 502 g/mol. The largest absolute Gasteiger partial charge is 0.507 e. The number of hydrogen-bond acceptors (Lipinski definition) is 5. The Labute approximate surface area is 196 Å². The van der Waals surface area contributed by atoms with E-state index in [0.29, 0.717) is 26.4 Å². The Morgan fingerprint density at radius 1 is 1.19 bits per heavy atom. The second-order valence-corrected chi connectivity index (χ2v) is 9.23. The lowest BCUT2D eigenvalue weighted by molar-refractivity contribution is -0.140. The minimum atomic E-state index is -0.736. The third kappa shape index (κ3) is 4.13. The SMILES string of the molecule is COc1ccc(/C(O)=C2/C(=O)C(=O)N(Cc3cccs3)C2c2ccc(Cl)cc2)cc1Br. The monoisotopic (exact) mass is 517 g/mol. The zero-order chi connectivity index (χ0) is 22.1. The molecule has 1 fully saturated rings. The van der Waals surface area contributed by atoms with E-state index in [2.05, 4.69) is 15.9 Å². The zero-order valence-corrected chi connectivity index (χ0v) is 19.5. The van der Waals surface area contributed by atoms with Gasteiger partial charge in [0.1, 0.15) is 11.5 Å². The van der Waals surface area contributed by atoms with Crippen molar-refractivity contribution in [3.05, 3.63) is 91.0 Å². The molecule has 0 saturated carbocycles. The van der Waals surface area contributed by atoms with Gasteiger partial charge in [0.05, 0.1) is 29.7 Å². The highest BCUT2D eigenvalue weighted by Gasteiger charge is 2.46. The summed E-state index contributed by atoms with van der Waals surface area (Å²) in [5.41, 5.74) is 1.14. The number of halogens is 2. The van der Waals surface area contributed by atoms with Crippen molar-refractivity contribution in [2.24, 2.45) is 0 Å². The highest BCUT2D eigenvalue weighted by atomic mass is 79.9. The van der Waals surface area contributed by atoms with E-state index in [1.165, 1.54) is 23.3 Å². The van der Waals surface area contributed by atoms with Crippen molar-refractivity contribution in [3.63, 3.8) is 0 Å². The first-order valence-electron chi connectivity index (χ1n) is 9.31. The number of nitrogens with zero attached hydrogens (tertiary/aromatic N) is 1. The average molecular weight is 519 g/mol. The van der Waals surface area contributed by atoms with Gasteiger partial charge in [0.2, 0.25) is 0 Å². The number of carbonyl (C=O) groups is 2. The van der Waals surface area contributed by atoms with Crippen molar-refractivity contribution < 1.29 is 19.4 Å². The second-order valence-electron chi connectivity index (χ2n) is 6.91. The van der Waals surface area contributed by atoms with Gasteiger partial charge in [-0.2, -0.15) is 0 Å². The van der Waals surface area contributed by atoms with Gasteiger partial charge in [-0.15, -0.1) is 11.3 Å². The molecule has 2 aromatic carbocycles. The molecule has 1 amide bonds. The van der Waals surface area contributed by atoms with Gasteiger partial charge < -0.3 is 14.7 Å². The molecule has 8 heteroatoms. The molecule has 3 aromatic rings. The molecule has 0 aliphatic carbocycles. The number of hydrogen-bond donors (Lipinski definition) is 1. The first-order valence-corrected chi connectivity index (χ1v) is 11.4. The maximum atomic E-state index is 13.0. The summed E-state index contributed by atoms with van der Waals surface area (Å²) < 4.78 is 5.86. The van der Waals surface area contributed by atoms with Crippen LogP contribution in [0.15, 0.2) is 70.0 Å². The van der Waals surface area contributed by atoms with E-state index in [4.69, 9.17) is 16.3 Å². The molecule has 5 nitrogen and oxygen atoms in total. The van der Waals surface area contributed by atoms with Gasteiger partial charge >= 0.3 is 0 Å². The molecule has 1 N–H and O–H groups in total. The second kappa shape index (κ2) is 8.86. The van der Waals surface area contributed by atoms with Crippen LogP contribution in [-0.4, -0.2) is 28.8 Å². The molecule has 1 atom stereocenters. The van der Waals surface area contributed by atoms with Crippen LogP contribution in [0.25, 0.3) is 5.76 Å². The van der Waals surface area contributed by atoms with Crippen LogP contribution in [0.5, 0.6) is 5.75 Å². The van der Waals surface area contributed by atoms with Crippen LogP contribution in [0, 0.1) is 0 Å². The predicted molar refractivity (Wildman–Crippen MR) is 124 cm³/mol. The van der Waals surface area contributed by atoms with Crippen LogP contribution in [0.3, 0.4) is 0 Å². The quantitative estimate of drug-likeness (QED) is 0.264. The number of Topliss-reactive ketones (excluding diaryl/α,β-unsaturated/α-hetero) is 1. The molecule has 0 spiro atoms. The Hall–Kier alpha value is -2.61. The lowest BCUT2D eigenvalue weighted by Crippen LogP contribution is -2.28. The fraction of sp³-hybridized carbons (Fsp3) is 0.130. The summed E-state index contributed by atoms with van der Waals surface area (Å²) in [6.07, 6.45) is 0. The highest BCUT2D eigenvalue weighted by Crippen LogP contribution is 2.41. The summed E-state index contributed by atoms with van der Waals surface area (Å²) in [7, 11) is 1.54. The van der Waals surface area contributed by atoms with Crippen LogP contribution in [-0.2, 0) is 16.1 Å². The predicted octanol–water partition coefficient (Wildman–Crippen LogP) is 5.79. The number of aliphatic hydroxyl groups excluding tert-OH is 1. The summed E-state index contributed by atoms with van der Waals surface area (Å²) in [6, 6.07) is 15.0. The summed E-state index contributed by atoms with van der Waals surface area (Å²) in [5.74, 6) is -1.03. The van der Waals surface area contributed by atoms with Crippen LogP contribution in [0.1, 0.15) is 22.0 Å². The van der Waals surface area contributed by atoms with Gasteiger partial charge in [-0.1, -0.05) is 29.8 Å². The van der Waals surface area contributed by atoms with Crippen LogP contribution in [0.2, 0.25) is 5.02 Å². The molecule has 31 heavy (non-hydrogen) atoms. The maximum Gasteiger partial charge on any atom is 0.295 e. The summed E-state index contributed by atoms with van der Waals surface area (Å²) >= 11 is 10.9. The van der Waals surface area contributed by atoms with Crippen LogP contribution >= 0.6 is 38.9 Å². The molecule has 1 aliphatic heterocycles. The summed E-state index contributed by atoms with van der Waals surface area (Å²) in [4.78, 5) is 28.5. The third-order valence-corrected chi connectivity index (χ3v) is 6.79. The molecular formula is C23H17BrClNO4S. The maximum absolute atomic E-state index is 13.0. The van der Waals surface area contributed by atoms with Crippen molar-refractivity contribution in [2.75, 3.05) is 7.11 Å².